The minimum Gasteiger partial charge on any atom is -0.348 e. The normalized spacial score (nSPS) is 12.2. The van der Waals surface area contributed by atoms with Gasteiger partial charge in [0, 0.05) is 17.7 Å². The van der Waals surface area contributed by atoms with Crippen LogP contribution in [0.3, 0.4) is 0 Å². The van der Waals surface area contributed by atoms with Gasteiger partial charge in [0.25, 0.3) is 11.8 Å². The number of benzene rings is 3. The lowest BCUT2D eigenvalue weighted by Gasteiger charge is -2.14. The number of ketones is 1. The number of fused-ring (bicyclic) bond motifs is 1. The van der Waals surface area contributed by atoms with Crippen LogP contribution >= 0.6 is 0 Å². The lowest BCUT2D eigenvalue weighted by Crippen LogP contribution is -2.17. The first kappa shape index (κ1) is 17.7. The molecule has 0 spiro atoms. The predicted octanol–water partition coefficient (Wildman–Crippen LogP) is 4.05. The molecule has 0 fully saturated rings. The number of rotatable bonds is 4. The summed E-state index contributed by atoms with van der Waals surface area (Å²) in [5.74, 6) is -0.553. The summed E-state index contributed by atoms with van der Waals surface area (Å²) in [6.07, 6.45) is 0. The molecule has 1 aliphatic rings. The number of hydrogen-bond acceptors (Lipinski definition) is 3. The molecule has 0 aliphatic carbocycles. The van der Waals surface area contributed by atoms with Crippen LogP contribution in [0.5, 0.6) is 0 Å². The zero-order valence-electron chi connectivity index (χ0n) is 15.3. The van der Waals surface area contributed by atoms with Crippen LogP contribution in [-0.2, 0) is 6.54 Å². The van der Waals surface area contributed by atoms with Crippen LogP contribution in [0.15, 0.2) is 66.7 Å². The third kappa shape index (κ3) is 3.07. The van der Waals surface area contributed by atoms with Crippen LogP contribution in [0.4, 0.5) is 5.69 Å². The second-order valence-electron chi connectivity index (χ2n) is 6.62. The Balaban J connectivity index is 1.79. The van der Waals surface area contributed by atoms with Crippen molar-refractivity contribution >= 4 is 23.3 Å². The van der Waals surface area contributed by atoms with Crippen molar-refractivity contribution in [3.05, 3.63) is 89.0 Å². The molecule has 3 aromatic carbocycles. The first-order valence-electron chi connectivity index (χ1n) is 8.97. The number of hydrogen-bond donors (Lipinski definition) is 2. The minimum absolute atomic E-state index is 0.0388. The molecule has 138 valence electrons. The summed E-state index contributed by atoms with van der Waals surface area (Å²) in [5.41, 5.74) is 4.40. The lowest BCUT2D eigenvalue weighted by molar-refractivity contribution is 0.0965. The summed E-state index contributed by atoms with van der Waals surface area (Å²) in [6, 6.07) is 19.7. The second-order valence-corrected chi connectivity index (χ2v) is 6.62. The molecule has 0 unspecified atom stereocenters. The third-order valence-corrected chi connectivity index (χ3v) is 4.85. The SMILES string of the molecule is CC(=O)c1ccccc1-c1ccc(NC(=O)c2ccccc2)c2c1CNC2=O. The summed E-state index contributed by atoms with van der Waals surface area (Å²) in [5, 5.41) is 5.66. The van der Waals surface area contributed by atoms with E-state index in [4.69, 9.17) is 0 Å². The fraction of sp³-hybridized carbons (Fsp3) is 0.0870. The smallest absolute Gasteiger partial charge is 0.255 e. The summed E-state index contributed by atoms with van der Waals surface area (Å²) in [6.45, 7) is 1.88. The highest BCUT2D eigenvalue weighted by Crippen LogP contribution is 2.35. The van der Waals surface area contributed by atoms with Gasteiger partial charge in [-0.3, -0.25) is 14.4 Å². The molecule has 2 amide bonds. The van der Waals surface area contributed by atoms with Gasteiger partial charge in [-0.15, -0.1) is 0 Å². The molecule has 0 saturated carbocycles. The van der Waals surface area contributed by atoms with Gasteiger partial charge in [0.1, 0.15) is 0 Å². The molecule has 4 rings (SSSR count). The maximum Gasteiger partial charge on any atom is 0.255 e. The molecule has 0 aromatic heterocycles. The van der Waals surface area contributed by atoms with Gasteiger partial charge in [0.05, 0.1) is 11.3 Å². The van der Waals surface area contributed by atoms with Gasteiger partial charge < -0.3 is 10.6 Å². The molecule has 0 bridgehead atoms. The van der Waals surface area contributed by atoms with Gasteiger partial charge in [-0.05, 0) is 41.8 Å². The van der Waals surface area contributed by atoms with Gasteiger partial charge in [-0.1, -0.05) is 48.5 Å². The Morgan fingerprint density at radius 1 is 0.893 bits per heavy atom. The van der Waals surface area contributed by atoms with Gasteiger partial charge >= 0.3 is 0 Å². The third-order valence-electron chi connectivity index (χ3n) is 4.85. The average Bonchev–Trinajstić information content (AvgIpc) is 3.11. The van der Waals surface area contributed by atoms with E-state index in [1.54, 1.807) is 36.4 Å². The Kier molecular flexibility index (Phi) is 4.49. The van der Waals surface area contributed by atoms with Crippen LogP contribution in [-0.4, -0.2) is 17.6 Å². The molecule has 0 radical (unpaired) electrons. The highest BCUT2D eigenvalue weighted by molar-refractivity contribution is 6.12. The van der Waals surface area contributed by atoms with E-state index in [0.29, 0.717) is 28.9 Å². The molecular formula is C23H18N2O3. The summed E-state index contributed by atoms with van der Waals surface area (Å²) in [7, 11) is 0. The van der Waals surface area contributed by atoms with E-state index in [0.717, 1.165) is 16.7 Å². The molecule has 1 heterocycles. The molecule has 5 nitrogen and oxygen atoms in total. The predicted molar refractivity (Wildman–Crippen MR) is 107 cm³/mol. The number of amides is 2. The van der Waals surface area contributed by atoms with E-state index in [1.807, 2.05) is 30.3 Å². The van der Waals surface area contributed by atoms with Gasteiger partial charge in [0.2, 0.25) is 0 Å². The van der Waals surface area contributed by atoms with Crippen molar-refractivity contribution in [2.24, 2.45) is 0 Å². The quantitative estimate of drug-likeness (QED) is 0.680. The molecule has 5 heteroatoms. The van der Waals surface area contributed by atoms with E-state index < -0.39 is 0 Å². The van der Waals surface area contributed by atoms with E-state index in [2.05, 4.69) is 10.6 Å². The lowest BCUT2D eigenvalue weighted by atomic mass is 9.91. The summed E-state index contributed by atoms with van der Waals surface area (Å²) < 4.78 is 0. The molecule has 2 N–H and O–H groups in total. The van der Waals surface area contributed by atoms with Gasteiger partial charge in [-0.25, -0.2) is 0 Å². The standard InChI is InChI=1S/C23H18N2O3/c1-14(26)16-9-5-6-10-17(16)18-11-12-20(21-19(18)13-24-23(21)28)25-22(27)15-7-3-2-4-8-15/h2-12H,13H2,1H3,(H,24,28)(H,25,27). The molecule has 28 heavy (non-hydrogen) atoms. The van der Waals surface area contributed by atoms with Crippen molar-refractivity contribution in [2.75, 3.05) is 5.32 Å². The first-order valence-corrected chi connectivity index (χ1v) is 8.97. The van der Waals surface area contributed by atoms with Gasteiger partial charge in [-0.2, -0.15) is 0 Å². The number of anilines is 1. The van der Waals surface area contributed by atoms with E-state index in [1.165, 1.54) is 6.92 Å². The molecular weight excluding hydrogens is 352 g/mol. The largest absolute Gasteiger partial charge is 0.348 e. The van der Waals surface area contributed by atoms with Crippen LogP contribution in [0.2, 0.25) is 0 Å². The number of nitrogens with one attached hydrogen (secondary N) is 2. The Hall–Kier alpha value is -3.73. The maximum atomic E-state index is 12.5. The Morgan fingerprint density at radius 3 is 2.36 bits per heavy atom. The summed E-state index contributed by atoms with van der Waals surface area (Å²) in [4.78, 5) is 37.0. The average molecular weight is 370 g/mol. The highest BCUT2D eigenvalue weighted by Gasteiger charge is 2.27. The minimum atomic E-state index is -0.278. The van der Waals surface area contributed by atoms with Crippen molar-refractivity contribution in [2.45, 2.75) is 13.5 Å². The fourth-order valence-electron chi connectivity index (χ4n) is 3.51. The van der Waals surface area contributed by atoms with Crippen molar-refractivity contribution in [3.8, 4) is 11.1 Å². The zero-order chi connectivity index (χ0) is 19.7. The van der Waals surface area contributed by atoms with Crippen LogP contribution in [0, 0.1) is 0 Å². The van der Waals surface area contributed by atoms with Crippen LogP contribution in [0.25, 0.3) is 11.1 Å². The zero-order valence-corrected chi connectivity index (χ0v) is 15.3. The fourth-order valence-corrected chi connectivity index (χ4v) is 3.51. The van der Waals surface area contributed by atoms with E-state index in [-0.39, 0.29) is 17.6 Å². The van der Waals surface area contributed by atoms with E-state index in [9.17, 15) is 14.4 Å². The van der Waals surface area contributed by atoms with Crippen molar-refractivity contribution in [3.63, 3.8) is 0 Å². The number of carbonyl (C=O) groups is 3. The Morgan fingerprint density at radius 2 is 1.61 bits per heavy atom. The van der Waals surface area contributed by atoms with Crippen molar-refractivity contribution < 1.29 is 14.4 Å². The Labute approximate surface area is 162 Å². The summed E-state index contributed by atoms with van der Waals surface area (Å²) >= 11 is 0. The number of Topliss-reactive ketones (excluding diaryl/α,β-unsaturated/α-hetero) is 1. The maximum absolute atomic E-state index is 12.5. The topological polar surface area (TPSA) is 75.3 Å². The molecule has 3 aromatic rings. The molecule has 0 atom stereocenters. The second kappa shape index (κ2) is 7.12. The first-order chi connectivity index (χ1) is 13.6. The van der Waals surface area contributed by atoms with Crippen molar-refractivity contribution in [1.82, 2.24) is 5.32 Å². The van der Waals surface area contributed by atoms with E-state index >= 15 is 0 Å². The molecule has 0 saturated heterocycles. The van der Waals surface area contributed by atoms with Crippen LogP contribution < -0.4 is 10.6 Å². The molecule has 1 aliphatic heterocycles. The Bertz CT molecular complexity index is 1100. The van der Waals surface area contributed by atoms with Crippen LogP contribution in [0.1, 0.15) is 43.6 Å². The van der Waals surface area contributed by atoms with Gasteiger partial charge in [0.15, 0.2) is 5.78 Å². The highest BCUT2D eigenvalue weighted by atomic mass is 16.2. The number of carbonyl (C=O) groups excluding carboxylic acids is 3. The van der Waals surface area contributed by atoms with Crippen molar-refractivity contribution in [1.29, 1.82) is 0 Å². The monoisotopic (exact) mass is 370 g/mol.